The Kier molecular flexibility index (Phi) is 4.55. The lowest BCUT2D eigenvalue weighted by atomic mass is 9.71. The van der Waals surface area contributed by atoms with Crippen molar-refractivity contribution in [3.63, 3.8) is 0 Å². The quantitative estimate of drug-likeness (QED) is 0.454. The van der Waals surface area contributed by atoms with Crippen molar-refractivity contribution in [1.29, 1.82) is 0 Å². The fourth-order valence-electron chi connectivity index (χ4n) is 5.34. The fraction of sp³-hybridized carbons (Fsp3) is 0.423. The van der Waals surface area contributed by atoms with Gasteiger partial charge in [-0.3, -0.25) is 4.79 Å². The summed E-state index contributed by atoms with van der Waals surface area (Å²) < 4.78 is 44.4. The van der Waals surface area contributed by atoms with Crippen molar-refractivity contribution >= 4 is 22.5 Å². The SMILES string of the molecule is O=C(Nc1c[nH]c2ccc(O[C@H]3C[C@H](c4ccc(C(F)(F)F)cc4)C3)cc12)C1CC2(CC2)C1. The predicted molar refractivity (Wildman–Crippen MR) is 119 cm³/mol. The van der Waals surface area contributed by atoms with Crippen LogP contribution in [0.25, 0.3) is 10.9 Å². The van der Waals surface area contributed by atoms with Gasteiger partial charge in [0, 0.05) is 23.0 Å². The van der Waals surface area contributed by atoms with Crippen LogP contribution in [-0.2, 0) is 11.0 Å². The smallest absolute Gasteiger partial charge is 0.416 e. The zero-order valence-corrected chi connectivity index (χ0v) is 18.0. The predicted octanol–water partition coefficient (Wildman–Crippen LogP) is 6.64. The number of ether oxygens (including phenoxy) is 1. The number of nitrogens with one attached hydrogen (secondary N) is 2. The second-order valence-corrected chi connectivity index (χ2v) is 10.0. The van der Waals surface area contributed by atoms with E-state index in [4.69, 9.17) is 4.74 Å². The van der Waals surface area contributed by atoms with Gasteiger partial charge in [-0.1, -0.05) is 12.1 Å². The van der Waals surface area contributed by atoms with Crippen molar-refractivity contribution in [2.24, 2.45) is 11.3 Å². The summed E-state index contributed by atoms with van der Waals surface area (Å²) in [5, 5.41) is 4.00. The number of alkyl halides is 3. The lowest BCUT2D eigenvalue weighted by molar-refractivity contribution is -0.137. The molecular weight excluding hydrogens is 429 g/mol. The molecule has 1 aromatic heterocycles. The van der Waals surface area contributed by atoms with Crippen molar-refractivity contribution in [2.45, 2.75) is 56.7 Å². The molecule has 3 fully saturated rings. The van der Waals surface area contributed by atoms with Crippen molar-refractivity contribution in [3.8, 4) is 5.75 Å². The molecule has 7 heteroatoms. The average molecular weight is 454 g/mol. The minimum absolute atomic E-state index is 0.0245. The highest BCUT2D eigenvalue weighted by Gasteiger charge is 2.54. The summed E-state index contributed by atoms with van der Waals surface area (Å²) >= 11 is 0. The molecule has 172 valence electrons. The number of halogens is 3. The number of anilines is 1. The van der Waals surface area contributed by atoms with Gasteiger partial charge in [0.15, 0.2) is 0 Å². The summed E-state index contributed by atoms with van der Waals surface area (Å²) in [6, 6.07) is 11.2. The van der Waals surface area contributed by atoms with Crippen LogP contribution in [0.4, 0.5) is 18.9 Å². The highest BCUT2D eigenvalue weighted by Crippen LogP contribution is 2.63. The first-order valence-electron chi connectivity index (χ1n) is 11.5. The number of carbonyl (C=O) groups is 1. The molecule has 2 N–H and O–H groups in total. The molecular formula is C26H25F3N2O2. The Balaban J connectivity index is 1.07. The Morgan fingerprint density at radius 2 is 1.79 bits per heavy atom. The van der Waals surface area contributed by atoms with E-state index >= 15 is 0 Å². The van der Waals surface area contributed by atoms with Crippen LogP contribution in [0.5, 0.6) is 5.75 Å². The minimum atomic E-state index is -4.31. The van der Waals surface area contributed by atoms with E-state index in [-0.39, 0.29) is 23.8 Å². The van der Waals surface area contributed by atoms with E-state index in [0.29, 0.717) is 5.41 Å². The fourth-order valence-corrected chi connectivity index (χ4v) is 5.34. The number of rotatable bonds is 5. The largest absolute Gasteiger partial charge is 0.490 e. The first kappa shape index (κ1) is 20.6. The van der Waals surface area contributed by atoms with Gasteiger partial charge < -0.3 is 15.0 Å². The Labute approximate surface area is 189 Å². The van der Waals surface area contributed by atoms with Gasteiger partial charge in [0.1, 0.15) is 5.75 Å². The van der Waals surface area contributed by atoms with E-state index in [0.717, 1.165) is 65.7 Å². The maximum atomic E-state index is 12.8. The Morgan fingerprint density at radius 3 is 2.45 bits per heavy atom. The van der Waals surface area contributed by atoms with Crippen molar-refractivity contribution < 1.29 is 22.7 Å². The molecule has 0 unspecified atom stereocenters. The Bertz CT molecular complexity index is 1200. The number of carbonyl (C=O) groups excluding carboxylic acids is 1. The molecule has 0 aliphatic heterocycles. The van der Waals surface area contributed by atoms with Crippen molar-refractivity contribution in [1.82, 2.24) is 4.98 Å². The Hall–Kier alpha value is -2.96. The molecule has 1 amide bonds. The van der Waals surface area contributed by atoms with Crippen LogP contribution in [0, 0.1) is 11.3 Å². The molecule has 0 bridgehead atoms. The van der Waals surface area contributed by atoms with E-state index in [9.17, 15) is 18.0 Å². The summed E-state index contributed by atoms with van der Waals surface area (Å²) in [6.45, 7) is 0. The first-order valence-corrected chi connectivity index (χ1v) is 11.5. The standard InChI is InChI=1S/C26H25F3N2O2/c27-26(28,29)18-3-1-15(2-4-18)16-9-20(10-16)33-19-5-6-22-21(11-19)23(14-30-22)31-24(32)17-12-25(13-17)7-8-25/h1-6,11,14,16-17,20,30H,7-10,12-13H2,(H,31,32)/t16-,20-. The summed E-state index contributed by atoms with van der Waals surface area (Å²) in [4.78, 5) is 15.8. The third-order valence-electron chi connectivity index (χ3n) is 7.70. The van der Waals surface area contributed by atoms with Crippen LogP contribution >= 0.6 is 0 Å². The van der Waals surface area contributed by atoms with Crippen LogP contribution in [0.15, 0.2) is 48.7 Å². The molecule has 0 atom stereocenters. The molecule has 4 nitrogen and oxygen atoms in total. The number of fused-ring (bicyclic) bond motifs is 1. The number of amides is 1. The number of hydrogen-bond acceptors (Lipinski definition) is 2. The van der Waals surface area contributed by atoms with Crippen LogP contribution in [-0.4, -0.2) is 17.0 Å². The molecule has 3 saturated carbocycles. The number of aromatic nitrogens is 1. The van der Waals surface area contributed by atoms with Gasteiger partial charge in [0.05, 0.1) is 17.4 Å². The van der Waals surface area contributed by atoms with Gasteiger partial charge in [-0.15, -0.1) is 0 Å². The number of benzene rings is 2. The topological polar surface area (TPSA) is 54.1 Å². The minimum Gasteiger partial charge on any atom is -0.490 e. The normalized spacial score (nSPS) is 23.7. The number of hydrogen-bond donors (Lipinski definition) is 2. The summed E-state index contributed by atoms with van der Waals surface area (Å²) in [7, 11) is 0. The zero-order valence-electron chi connectivity index (χ0n) is 18.0. The van der Waals surface area contributed by atoms with Crippen LogP contribution in [0.3, 0.4) is 0 Å². The molecule has 1 heterocycles. The van der Waals surface area contributed by atoms with Crippen LogP contribution in [0.2, 0.25) is 0 Å². The van der Waals surface area contributed by atoms with Gasteiger partial charge >= 0.3 is 6.18 Å². The highest BCUT2D eigenvalue weighted by atomic mass is 19.4. The molecule has 2 aromatic carbocycles. The number of H-pyrrole nitrogens is 1. The summed E-state index contributed by atoms with van der Waals surface area (Å²) in [6.07, 6.45) is 3.63. The zero-order chi connectivity index (χ0) is 22.8. The van der Waals surface area contributed by atoms with Crippen LogP contribution in [0.1, 0.15) is 55.6 Å². The van der Waals surface area contributed by atoms with Gasteiger partial charge in [0.25, 0.3) is 0 Å². The molecule has 6 rings (SSSR count). The van der Waals surface area contributed by atoms with Gasteiger partial charge in [-0.25, -0.2) is 0 Å². The molecule has 1 spiro atoms. The van der Waals surface area contributed by atoms with E-state index in [1.165, 1.54) is 12.8 Å². The number of aromatic amines is 1. The lowest BCUT2D eigenvalue weighted by Crippen LogP contribution is -2.35. The lowest BCUT2D eigenvalue weighted by Gasteiger charge is -2.36. The summed E-state index contributed by atoms with van der Waals surface area (Å²) in [5.74, 6) is 1.15. The second kappa shape index (κ2) is 7.27. The first-order chi connectivity index (χ1) is 15.8. The van der Waals surface area contributed by atoms with E-state index in [2.05, 4.69) is 10.3 Å². The van der Waals surface area contributed by atoms with Gasteiger partial charge in [0.2, 0.25) is 5.91 Å². The highest BCUT2D eigenvalue weighted by molar-refractivity contribution is 6.03. The van der Waals surface area contributed by atoms with Crippen LogP contribution < -0.4 is 10.1 Å². The maximum absolute atomic E-state index is 12.8. The third kappa shape index (κ3) is 3.87. The van der Waals surface area contributed by atoms with E-state index < -0.39 is 11.7 Å². The average Bonchev–Trinajstić information content (AvgIpc) is 3.45. The third-order valence-corrected chi connectivity index (χ3v) is 7.70. The van der Waals surface area contributed by atoms with E-state index in [1.807, 2.05) is 24.4 Å². The molecule has 3 aliphatic carbocycles. The summed E-state index contributed by atoms with van der Waals surface area (Å²) in [5.41, 5.74) is 2.49. The molecule has 0 radical (unpaired) electrons. The van der Waals surface area contributed by atoms with Crippen molar-refractivity contribution in [3.05, 3.63) is 59.8 Å². The Morgan fingerprint density at radius 1 is 1.06 bits per heavy atom. The van der Waals surface area contributed by atoms with Gasteiger partial charge in [-0.2, -0.15) is 13.2 Å². The van der Waals surface area contributed by atoms with E-state index in [1.54, 1.807) is 12.1 Å². The monoisotopic (exact) mass is 454 g/mol. The molecule has 3 aromatic rings. The van der Waals surface area contributed by atoms with Crippen molar-refractivity contribution in [2.75, 3.05) is 5.32 Å². The van der Waals surface area contributed by atoms with Gasteiger partial charge in [-0.05, 0) is 85.8 Å². The molecule has 33 heavy (non-hydrogen) atoms. The molecule has 3 aliphatic rings. The second-order valence-electron chi connectivity index (χ2n) is 10.0. The molecule has 0 saturated heterocycles. The maximum Gasteiger partial charge on any atom is 0.416 e.